The molecule has 0 aliphatic rings. The zero-order valence-corrected chi connectivity index (χ0v) is 13.2. The van der Waals surface area contributed by atoms with E-state index in [-0.39, 0.29) is 0 Å². The number of benzene rings is 1. The minimum atomic E-state index is 0.454. The number of rotatable bonds is 8. The number of hydrogen-bond acceptors (Lipinski definition) is 2. The van der Waals surface area contributed by atoms with E-state index in [4.69, 9.17) is 0 Å². The molecule has 0 saturated heterocycles. The first kappa shape index (κ1) is 16.2. The average Bonchev–Trinajstić information content (AvgIpc) is 2.39. The van der Waals surface area contributed by atoms with Crippen molar-refractivity contribution in [2.45, 2.75) is 45.7 Å². The van der Waals surface area contributed by atoms with E-state index in [0.717, 1.165) is 18.9 Å². The third-order valence-electron chi connectivity index (χ3n) is 3.89. The summed E-state index contributed by atoms with van der Waals surface area (Å²) >= 11 is 0. The molecular formula is C17H30N2. The fourth-order valence-corrected chi connectivity index (χ4v) is 2.58. The molecule has 2 heteroatoms. The Morgan fingerprint density at radius 3 is 2.26 bits per heavy atom. The molecule has 0 fully saturated rings. The highest BCUT2D eigenvalue weighted by Gasteiger charge is 2.14. The summed E-state index contributed by atoms with van der Waals surface area (Å²) in [6.45, 7) is 8.06. The van der Waals surface area contributed by atoms with Gasteiger partial charge in [0.25, 0.3) is 0 Å². The molecule has 0 spiro atoms. The summed E-state index contributed by atoms with van der Waals surface area (Å²) in [6, 6.07) is 11.8. The Morgan fingerprint density at radius 1 is 1.11 bits per heavy atom. The largest absolute Gasteiger partial charge is 0.313 e. The second-order valence-electron chi connectivity index (χ2n) is 6.00. The summed E-state index contributed by atoms with van der Waals surface area (Å²) in [4.78, 5) is 2.48. The van der Waals surface area contributed by atoms with Gasteiger partial charge >= 0.3 is 0 Å². The number of hydrogen-bond donors (Lipinski definition) is 1. The van der Waals surface area contributed by atoms with Crippen LogP contribution in [0.3, 0.4) is 0 Å². The van der Waals surface area contributed by atoms with Crippen molar-refractivity contribution in [3.8, 4) is 0 Å². The molecular weight excluding hydrogens is 232 g/mol. The van der Waals surface area contributed by atoms with Crippen LogP contribution in [0.1, 0.15) is 45.2 Å². The standard InChI is InChI=1S/C17H30N2/c1-14(2)13-15(3)19(5)12-11-17(18-4)16-9-7-6-8-10-16/h6-10,14-15,17-18H,11-13H2,1-5H3. The molecule has 2 atom stereocenters. The summed E-state index contributed by atoms with van der Waals surface area (Å²) in [5.41, 5.74) is 1.38. The zero-order chi connectivity index (χ0) is 14.3. The normalized spacial score (nSPS) is 14.9. The van der Waals surface area contributed by atoms with E-state index in [1.165, 1.54) is 12.0 Å². The lowest BCUT2D eigenvalue weighted by Crippen LogP contribution is -2.33. The van der Waals surface area contributed by atoms with E-state index in [9.17, 15) is 0 Å². The van der Waals surface area contributed by atoms with Gasteiger partial charge in [0.05, 0.1) is 0 Å². The minimum Gasteiger partial charge on any atom is -0.313 e. The highest BCUT2D eigenvalue weighted by Crippen LogP contribution is 2.17. The lowest BCUT2D eigenvalue weighted by atomic mass is 10.0. The highest BCUT2D eigenvalue weighted by molar-refractivity contribution is 5.18. The maximum atomic E-state index is 3.43. The second kappa shape index (κ2) is 8.34. The van der Waals surface area contributed by atoms with Crippen LogP contribution >= 0.6 is 0 Å². The van der Waals surface area contributed by atoms with Gasteiger partial charge < -0.3 is 10.2 Å². The fraction of sp³-hybridized carbons (Fsp3) is 0.647. The van der Waals surface area contributed by atoms with Crippen LogP contribution < -0.4 is 5.32 Å². The molecule has 19 heavy (non-hydrogen) atoms. The van der Waals surface area contributed by atoms with E-state index in [0.29, 0.717) is 12.1 Å². The molecule has 0 bridgehead atoms. The van der Waals surface area contributed by atoms with Crippen LogP contribution in [0.2, 0.25) is 0 Å². The molecule has 2 nitrogen and oxygen atoms in total. The first-order valence-corrected chi connectivity index (χ1v) is 7.47. The summed E-state index contributed by atoms with van der Waals surface area (Å²) in [6.07, 6.45) is 2.42. The molecule has 1 rings (SSSR count). The molecule has 0 aliphatic carbocycles. The predicted molar refractivity (Wildman–Crippen MR) is 84.4 cm³/mol. The van der Waals surface area contributed by atoms with Crippen molar-refractivity contribution in [1.82, 2.24) is 10.2 Å². The Morgan fingerprint density at radius 2 is 1.74 bits per heavy atom. The molecule has 2 unspecified atom stereocenters. The van der Waals surface area contributed by atoms with Crippen molar-refractivity contribution in [2.24, 2.45) is 5.92 Å². The van der Waals surface area contributed by atoms with Crippen molar-refractivity contribution in [3.05, 3.63) is 35.9 Å². The highest BCUT2D eigenvalue weighted by atomic mass is 15.1. The molecule has 0 radical (unpaired) electrons. The van der Waals surface area contributed by atoms with E-state index in [1.807, 2.05) is 0 Å². The number of nitrogens with zero attached hydrogens (tertiary/aromatic N) is 1. The molecule has 0 aromatic heterocycles. The van der Waals surface area contributed by atoms with Crippen molar-refractivity contribution in [3.63, 3.8) is 0 Å². The second-order valence-corrected chi connectivity index (χ2v) is 6.00. The molecule has 1 aromatic rings. The Labute approximate surface area is 119 Å². The van der Waals surface area contributed by atoms with Crippen LogP contribution in [0.15, 0.2) is 30.3 Å². The topological polar surface area (TPSA) is 15.3 Å². The Bertz CT molecular complexity index is 334. The van der Waals surface area contributed by atoms with Gasteiger partial charge in [0.2, 0.25) is 0 Å². The summed E-state index contributed by atoms with van der Waals surface area (Å²) in [7, 11) is 4.29. The monoisotopic (exact) mass is 262 g/mol. The maximum absolute atomic E-state index is 3.43. The Hall–Kier alpha value is -0.860. The van der Waals surface area contributed by atoms with Crippen LogP contribution in [0.4, 0.5) is 0 Å². The third kappa shape index (κ3) is 5.75. The minimum absolute atomic E-state index is 0.454. The van der Waals surface area contributed by atoms with Crippen LogP contribution in [0, 0.1) is 5.92 Å². The van der Waals surface area contributed by atoms with Crippen LogP contribution in [0.5, 0.6) is 0 Å². The smallest absolute Gasteiger partial charge is 0.0329 e. The van der Waals surface area contributed by atoms with Gasteiger partial charge in [-0.15, -0.1) is 0 Å². The van der Waals surface area contributed by atoms with Gasteiger partial charge in [-0.2, -0.15) is 0 Å². The molecule has 0 saturated carbocycles. The SMILES string of the molecule is CNC(CCN(C)C(C)CC(C)C)c1ccccc1. The first-order chi connectivity index (χ1) is 9.04. The van der Waals surface area contributed by atoms with Gasteiger partial charge in [-0.25, -0.2) is 0 Å². The van der Waals surface area contributed by atoms with E-state index >= 15 is 0 Å². The van der Waals surface area contributed by atoms with Crippen molar-refractivity contribution >= 4 is 0 Å². The van der Waals surface area contributed by atoms with Gasteiger partial charge in [0.15, 0.2) is 0 Å². The average molecular weight is 262 g/mol. The van der Waals surface area contributed by atoms with E-state index < -0.39 is 0 Å². The van der Waals surface area contributed by atoms with Crippen LogP contribution in [-0.2, 0) is 0 Å². The Kier molecular flexibility index (Phi) is 7.11. The zero-order valence-electron chi connectivity index (χ0n) is 13.2. The lowest BCUT2D eigenvalue weighted by Gasteiger charge is -2.28. The van der Waals surface area contributed by atoms with Crippen molar-refractivity contribution < 1.29 is 0 Å². The van der Waals surface area contributed by atoms with Gasteiger partial charge in [0.1, 0.15) is 0 Å². The van der Waals surface area contributed by atoms with E-state index in [1.54, 1.807) is 0 Å². The summed E-state index contributed by atoms with van der Waals surface area (Å²) in [5.74, 6) is 0.770. The lowest BCUT2D eigenvalue weighted by molar-refractivity contribution is 0.218. The molecule has 1 aromatic carbocycles. The van der Waals surface area contributed by atoms with Crippen LogP contribution in [0.25, 0.3) is 0 Å². The molecule has 0 heterocycles. The summed E-state index contributed by atoms with van der Waals surface area (Å²) in [5, 5.41) is 3.43. The van der Waals surface area contributed by atoms with Crippen molar-refractivity contribution in [2.75, 3.05) is 20.6 Å². The Balaban J connectivity index is 2.45. The van der Waals surface area contributed by atoms with E-state index in [2.05, 4.69) is 75.4 Å². The van der Waals surface area contributed by atoms with Gasteiger partial charge in [-0.1, -0.05) is 44.2 Å². The van der Waals surface area contributed by atoms with Gasteiger partial charge in [-0.3, -0.25) is 0 Å². The molecule has 0 amide bonds. The maximum Gasteiger partial charge on any atom is 0.0329 e. The van der Waals surface area contributed by atoms with Gasteiger partial charge in [0, 0.05) is 12.1 Å². The third-order valence-corrected chi connectivity index (χ3v) is 3.89. The van der Waals surface area contributed by atoms with Crippen LogP contribution in [-0.4, -0.2) is 31.6 Å². The van der Waals surface area contributed by atoms with Crippen molar-refractivity contribution in [1.29, 1.82) is 0 Å². The predicted octanol–water partition coefficient (Wildman–Crippen LogP) is 3.70. The molecule has 0 aliphatic heterocycles. The van der Waals surface area contributed by atoms with Gasteiger partial charge in [-0.05, 0) is 51.9 Å². The fourth-order valence-electron chi connectivity index (χ4n) is 2.58. The first-order valence-electron chi connectivity index (χ1n) is 7.47. The molecule has 1 N–H and O–H groups in total. The molecule has 108 valence electrons. The summed E-state index contributed by atoms with van der Waals surface area (Å²) < 4.78 is 0. The number of nitrogens with one attached hydrogen (secondary N) is 1. The quantitative estimate of drug-likeness (QED) is 0.768.